The maximum absolute atomic E-state index is 13.0. The van der Waals surface area contributed by atoms with Gasteiger partial charge in [-0.25, -0.2) is 4.79 Å². The van der Waals surface area contributed by atoms with Crippen molar-refractivity contribution < 1.29 is 24.0 Å². The molecule has 0 bridgehead atoms. The van der Waals surface area contributed by atoms with Crippen molar-refractivity contribution >= 4 is 40.6 Å². The van der Waals surface area contributed by atoms with Crippen molar-refractivity contribution in [3.8, 4) is 0 Å². The summed E-state index contributed by atoms with van der Waals surface area (Å²) in [6, 6.07) is 15.2. The molecule has 34 heavy (non-hydrogen) atoms. The van der Waals surface area contributed by atoms with Gasteiger partial charge in [-0.1, -0.05) is 35.9 Å². The number of ether oxygens (including phenoxy) is 1. The molecule has 1 aliphatic carbocycles. The fourth-order valence-corrected chi connectivity index (χ4v) is 4.05. The maximum atomic E-state index is 13.0. The fraction of sp³-hybridized carbons (Fsp3) is 0.160. The van der Waals surface area contributed by atoms with Crippen molar-refractivity contribution in [1.29, 1.82) is 0 Å². The fourth-order valence-electron chi connectivity index (χ4n) is 3.86. The number of hydrogen-bond donors (Lipinski definition) is 1. The topological polar surface area (TPSA) is 116 Å². The van der Waals surface area contributed by atoms with E-state index in [1.54, 1.807) is 12.1 Å². The van der Waals surface area contributed by atoms with E-state index < -0.39 is 34.9 Å². The predicted molar refractivity (Wildman–Crippen MR) is 125 cm³/mol. The van der Waals surface area contributed by atoms with Crippen molar-refractivity contribution in [2.24, 2.45) is 0 Å². The number of nitro groups is 1. The smallest absolute Gasteiger partial charge is 0.339 e. The molecule has 0 radical (unpaired) electrons. The molecule has 172 valence electrons. The molecular weight excluding hydrogens is 460 g/mol. The van der Waals surface area contributed by atoms with Gasteiger partial charge in [0.15, 0.2) is 12.4 Å². The van der Waals surface area contributed by atoms with Crippen molar-refractivity contribution in [1.82, 2.24) is 0 Å². The third-order valence-electron chi connectivity index (χ3n) is 5.51. The third-order valence-corrected chi connectivity index (χ3v) is 5.83. The Balaban J connectivity index is 1.45. The van der Waals surface area contributed by atoms with Crippen LogP contribution in [-0.2, 0) is 22.4 Å². The number of nitrogens with one attached hydrogen (secondary N) is 1. The summed E-state index contributed by atoms with van der Waals surface area (Å²) in [4.78, 5) is 48.4. The average molecular weight is 479 g/mol. The van der Waals surface area contributed by atoms with Gasteiger partial charge in [-0.15, -0.1) is 0 Å². The van der Waals surface area contributed by atoms with E-state index in [1.807, 2.05) is 18.2 Å². The first-order chi connectivity index (χ1) is 16.3. The van der Waals surface area contributed by atoms with Gasteiger partial charge < -0.3 is 10.1 Å². The van der Waals surface area contributed by atoms with E-state index in [0.29, 0.717) is 5.69 Å². The quantitative estimate of drug-likeness (QED) is 0.226. The molecular formula is C25H19ClN2O6. The van der Waals surface area contributed by atoms with Crippen molar-refractivity contribution in [2.45, 2.75) is 19.3 Å². The molecule has 9 heteroatoms. The molecule has 1 N–H and O–H groups in total. The highest BCUT2D eigenvalue weighted by molar-refractivity contribution is 6.33. The van der Waals surface area contributed by atoms with Gasteiger partial charge in [0.05, 0.1) is 10.5 Å². The Bertz CT molecular complexity index is 1320. The first-order valence-corrected chi connectivity index (χ1v) is 10.9. The number of benzene rings is 3. The number of nitrogens with zero attached hydrogens (tertiary/aromatic N) is 1. The van der Waals surface area contributed by atoms with Crippen LogP contribution in [0.5, 0.6) is 0 Å². The Labute approximate surface area is 199 Å². The highest BCUT2D eigenvalue weighted by atomic mass is 35.5. The number of aryl methyl sites for hydroxylation is 2. The number of anilines is 1. The number of fused-ring (bicyclic) bond motifs is 1. The molecule has 1 aliphatic rings. The lowest BCUT2D eigenvalue weighted by Crippen LogP contribution is -2.22. The molecule has 0 saturated heterocycles. The van der Waals surface area contributed by atoms with Gasteiger partial charge in [-0.3, -0.25) is 19.7 Å². The minimum Gasteiger partial charge on any atom is -0.452 e. The van der Waals surface area contributed by atoms with Crippen molar-refractivity contribution in [2.75, 3.05) is 11.9 Å². The molecule has 0 spiro atoms. The number of carbonyl (C=O) groups excluding carboxylic acids is 3. The lowest BCUT2D eigenvalue weighted by molar-refractivity contribution is -0.384. The number of rotatable bonds is 7. The van der Waals surface area contributed by atoms with Crippen LogP contribution in [0.1, 0.15) is 43.8 Å². The van der Waals surface area contributed by atoms with Gasteiger partial charge >= 0.3 is 5.97 Å². The molecule has 3 aromatic carbocycles. The maximum Gasteiger partial charge on any atom is 0.339 e. The van der Waals surface area contributed by atoms with Crippen LogP contribution in [-0.4, -0.2) is 29.2 Å². The van der Waals surface area contributed by atoms with Gasteiger partial charge in [-0.05, 0) is 60.7 Å². The number of esters is 1. The Morgan fingerprint density at radius 2 is 1.71 bits per heavy atom. The number of carbonyl (C=O) groups is 3. The second kappa shape index (κ2) is 9.84. The monoisotopic (exact) mass is 478 g/mol. The van der Waals surface area contributed by atoms with Crippen LogP contribution < -0.4 is 5.32 Å². The number of hydrogen-bond acceptors (Lipinski definition) is 6. The zero-order valence-electron chi connectivity index (χ0n) is 17.9. The van der Waals surface area contributed by atoms with E-state index in [0.717, 1.165) is 25.3 Å². The van der Waals surface area contributed by atoms with E-state index >= 15 is 0 Å². The molecule has 0 aliphatic heterocycles. The van der Waals surface area contributed by atoms with E-state index in [2.05, 4.69) is 5.32 Å². The third kappa shape index (κ3) is 4.97. The number of halogens is 1. The highest BCUT2D eigenvalue weighted by Gasteiger charge is 2.23. The van der Waals surface area contributed by atoms with Crippen LogP contribution in [0.4, 0.5) is 11.4 Å². The predicted octanol–water partition coefficient (Wildman–Crippen LogP) is 4.76. The first kappa shape index (κ1) is 23.1. The van der Waals surface area contributed by atoms with E-state index in [1.165, 1.54) is 35.4 Å². The molecule has 1 amide bonds. The Kier molecular flexibility index (Phi) is 6.70. The summed E-state index contributed by atoms with van der Waals surface area (Å²) in [5.74, 6) is -1.99. The first-order valence-electron chi connectivity index (χ1n) is 10.5. The summed E-state index contributed by atoms with van der Waals surface area (Å²) in [6.45, 7) is -0.537. The zero-order chi connectivity index (χ0) is 24.2. The highest BCUT2D eigenvalue weighted by Crippen LogP contribution is 2.27. The minimum atomic E-state index is -0.864. The molecule has 0 heterocycles. The standard InChI is InChI=1S/C25H19ClN2O6/c26-21-11-9-17(13-22(21)28(32)33)24(30)19-6-1-2-7-20(19)25(31)34-14-23(29)27-18-10-8-15-4-3-5-16(15)12-18/h1-2,6-13H,3-5,14H2,(H,27,29). The molecule has 0 aromatic heterocycles. The van der Waals surface area contributed by atoms with E-state index in [-0.39, 0.29) is 21.7 Å². The minimum absolute atomic E-state index is 0.00861. The molecule has 0 unspecified atom stereocenters. The summed E-state index contributed by atoms with van der Waals surface area (Å²) in [5, 5.41) is 13.7. The van der Waals surface area contributed by atoms with Crippen molar-refractivity contribution in [3.05, 3.63) is 104 Å². The Morgan fingerprint density at radius 1 is 0.971 bits per heavy atom. The molecule has 3 aromatic rings. The van der Waals surface area contributed by atoms with Gasteiger partial charge in [0, 0.05) is 22.9 Å². The molecule has 0 atom stereocenters. The Hall–Kier alpha value is -4.04. The number of nitro benzene ring substituents is 1. The normalized spacial score (nSPS) is 12.0. The Morgan fingerprint density at radius 3 is 2.47 bits per heavy atom. The second-order valence-corrected chi connectivity index (χ2v) is 8.17. The largest absolute Gasteiger partial charge is 0.452 e. The van der Waals surface area contributed by atoms with Crippen LogP contribution in [0.25, 0.3) is 0 Å². The van der Waals surface area contributed by atoms with Crippen LogP contribution in [0.3, 0.4) is 0 Å². The summed E-state index contributed by atoms with van der Waals surface area (Å²) in [7, 11) is 0. The molecule has 0 fully saturated rings. The molecule has 8 nitrogen and oxygen atoms in total. The summed E-state index contributed by atoms with van der Waals surface area (Å²) >= 11 is 5.82. The van der Waals surface area contributed by atoms with E-state index in [4.69, 9.17) is 16.3 Å². The van der Waals surface area contributed by atoms with Gasteiger partial charge in [-0.2, -0.15) is 0 Å². The van der Waals surface area contributed by atoms with Crippen LogP contribution in [0.15, 0.2) is 60.7 Å². The summed E-state index contributed by atoms with van der Waals surface area (Å²) < 4.78 is 5.13. The van der Waals surface area contributed by atoms with Crippen molar-refractivity contribution in [3.63, 3.8) is 0 Å². The van der Waals surface area contributed by atoms with Crippen LogP contribution >= 0.6 is 11.6 Å². The lowest BCUT2D eigenvalue weighted by Gasteiger charge is -2.10. The molecule has 0 saturated carbocycles. The molecule has 4 rings (SSSR count). The zero-order valence-corrected chi connectivity index (χ0v) is 18.6. The summed E-state index contributed by atoms with van der Waals surface area (Å²) in [6.07, 6.45) is 3.09. The van der Waals surface area contributed by atoms with Gasteiger partial charge in [0.25, 0.3) is 11.6 Å². The lowest BCUT2D eigenvalue weighted by atomic mass is 9.98. The van der Waals surface area contributed by atoms with Crippen LogP contribution in [0.2, 0.25) is 5.02 Å². The SMILES string of the molecule is O=C(COC(=O)c1ccccc1C(=O)c1ccc(Cl)c([N+](=O)[O-])c1)Nc1ccc2c(c1)CCC2. The average Bonchev–Trinajstić information content (AvgIpc) is 3.30. The van der Waals surface area contributed by atoms with Crippen LogP contribution in [0, 0.1) is 10.1 Å². The van der Waals surface area contributed by atoms with Gasteiger partial charge in [0.1, 0.15) is 5.02 Å². The van der Waals surface area contributed by atoms with Gasteiger partial charge in [0.2, 0.25) is 0 Å². The second-order valence-electron chi connectivity index (χ2n) is 7.76. The number of amides is 1. The summed E-state index contributed by atoms with van der Waals surface area (Å²) in [5.41, 5.74) is 2.60. The van der Waals surface area contributed by atoms with E-state index in [9.17, 15) is 24.5 Å². The number of ketones is 1.